The molecule has 0 bridgehead atoms. The molecule has 19 heavy (non-hydrogen) atoms. The number of fused-ring (bicyclic) bond motifs is 1. The van der Waals surface area contributed by atoms with Crippen LogP contribution < -0.4 is 5.73 Å². The number of furan rings is 1. The zero-order chi connectivity index (χ0) is 13.4. The van der Waals surface area contributed by atoms with E-state index in [9.17, 15) is 4.79 Å². The zero-order valence-corrected chi connectivity index (χ0v) is 10.3. The van der Waals surface area contributed by atoms with Gasteiger partial charge in [-0.25, -0.2) is 4.79 Å². The van der Waals surface area contributed by atoms with Crippen molar-refractivity contribution in [3.63, 3.8) is 0 Å². The van der Waals surface area contributed by atoms with Crippen molar-refractivity contribution in [2.75, 3.05) is 12.8 Å². The highest BCUT2D eigenvalue weighted by atomic mass is 16.5. The summed E-state index contributed by atoms with van der Waals surface area (Å²) in [6.07, 6.45) is 1.87. The lowest BCUT2D eigenvalue weighted by Crippen LogP contribution is -1.98. The van der Waals surface area contributed by atoms with Gasteiger partial charge in [0.15, 0.2) is 0 Å². The molecule has 0 unspecified atom stereocenters. The van der Waals surface area contributed by atoms with Gasteiger partial charge in [0.2, 0.25) is 11.6 Å². The summed E-state index contributed by atoms with van der Waals surface area (Å²) in [5.41, 5.74) is 7.38. The van der Waals surface area contributed by atoms with Crippen LogP contribution in [0.2, 0.25) is 0 Å². The molecular formula is C14H12N2O3. The molecule has 0 amide bonds. The number of benzene rings is 1. The predicted molar refractivity (Wildman–Crippen MR) is 71.3 cm³/mol. The van der Waals surface area contributed by atoms with Crippen molar-refractivity contribution in [3.8, 4) is 5.88 Å². The Morgan fingerprint density at radius 2 is 2.11 bits per heavy atom. The maximum Gasteiger partial charge on any atom is 0.374 e. The average Bonchev–Trinajstić information content (AvgIpc) is 3.03. The minimum atomic E-state index is -0.498. The van der Waals surface area contributed by atoms with Gasteiger partial charge < -0.3 is 14.9 Å². The highest BCUT2D eigenvalue weighted by Gasteiger charge is 2.13. The van der Waals surface area contributed by atoms with Crippen LogP contribution in [0.3, 0.4) is 0 Å². The standard InChI is InChI=1S/C14H12N2O3/c1-18-14(17)12-4-5-13(19-12)16-7-6-9-2-3-10(15)8-11(9)16/h2-8H,15H2,1H3. The molecule has 0 spiro atoms. The average molecular weight is 256 g/mol. The Balaban J connectivity index is 2.11. The third-order valence-corrected chi connectivity index (χ3v) is 2.93. The van der Waals surface area contributed by atoms with E-state index < -0.39 is 5.97 Å². The molecule has 0 saturated heterocycles. The summed E-state index contributed by atoms with van der Waals surface area (Å²) in [6.45, 7) is 0. The van der Waals surface area contributed by atoms with E-state index >= 15 is 0 Å². The molecule has 2 aromatic heterocycles. The second-order valence-corrected chi connectivity index (χ2v) is 4.13. The van der Waals surface area contributed by atoms with Gasteiger partial charge in [0, 0.05) is 23.3 Å². The monoisotopic (exact) mass is 256 g/mol. The Kier molecular flexibility index (Phi) is 2.52. The van der Waals surface area contributed by atoms with Crippen LogP contribution in [0.1, 0.15) is 10.6 Å². The molecular weight excluding hydrogens is 244 g/mol. The molecule has 96 valence electrons. The summed E-state index contributed by atoms with van der Waals surface area (Å²) < 4.78 is 11.9. The van der Waals surface area contributed by atoms with Crippen LogP contribution in [0.5, 0.6) is 0 Å². The topological polar surface area (TPSA) is 70.4 Å². The number of nitrogens with zero attached hydrogens (tertiary/aromatic N) is 1. The second kappa shape index (κ2) is 4.20. The van der Waals surface area contributed by atoms with Crippen LogP contribution in [0.15, 0.2) is 47.0 Å². The second-order valence-electron chi connectivity index (χ2n) is 4.13. The van der Waals surface area contributed by atoms with E-state index in [1.165, 1.54) is 7.11 Å². The molecule has 0 saturated carbocycles. The number of carbonyl (C=O) groups is 1. The Labute approximate surface area is 109 Å². The maximum atomic E-state index is 11.4. The normalized spacial score (nSPS) is 10.8. The molecule has 5 heteroatoms. The van der Waals surface area contributed by atoms with E-state index in [2.05, 4.69) is 4.74 Å². The first-order valence-corrected chi connectivity index (χ1v) is 5.74. The smallest absolute Gasteiger partial charge is 0.374 e. The van der Waals surface area contributed by atoms with Crippen molar-refractivity contribution >= 4 is 22.6 Å². The summed E-state index contributed by atoms with van der Waals surface area (Å²) in [4.78, 5) is 11.4. The molecule has 0 aliphatic carbocycles. The fourth-order valence-electron chi connectivity index (χ4n) is 2.01. The Morgan fingerprint density at radius 1 is 1.26 bits per heavy atom. The van der Waals surface area contributed by atoms with Crippen LogP contribution in [0.25, 0.3) is 16.8 Å². The van der Waals surface area contributed by atoms with Crippen LogP contribution in [0, 0.1) is 0 Å². The van der Waals surface area contributed by atoms with E-state index in [1.54, 1.807) is 12.1 Å². The van der Waals surface area contributed by atoms with Crippen molar-refractivity contribution < 1.29 is 13.9 Å². The van der Waals surface area contributed by atoms with Gasteiger partial charge in [0.05, 0.1) is 12.6 Å². The lowest BCUT2D eigenvalue weighted by atomic mass is 10.2. The molecule has 3 rings (SSSR count). The number of hydrogen-bond donors (Lipinski definition) is 1. The summed E-state index contributed by atoms with van der Waals surface area (Å²) in [7, 11) is 1.32. The lowest BCUT2D eigenvalue weighted by Gasteiger charge is -2.02. The van der Waals surface area contributed by atoms with Gasteiger partial charge in [-0.3, -0.25) is 4.57 Å². The van der Waals surface area contributed by atoms with E-state index in [-0.39, 0.29) is 5.76 Å². The molecule has 0 atom stereocenters. The van der Waals surface area contributed by atoms with Gasteiger partial charge in [-0.2, -0.15) is 0 Å². The first-order chi connectivity index (χ1) is 9.19. The molecule has 5 nitrogen and oxygen atoms in total. The van der Waals surface area contributed by atoms with Crippen LogP contribution in [0.4, 0.5) is 5.69 Å². The van der Waals surface area contributed by atoms with Gasteiger partial charge in [0.25, 0.3) is 0 Å². The van der Waals surface area contributed by atoms with Crippen LogP contribution in [-0.2, 0) is 4.74 Å². The maximum absolute atomic E-state index is 11.4. The number of carbonyl (C=O) groups excluding carboxylic acids is 1. The molecule has 2 N–H and O–H groups in total. The molecule has 0 fully saturated rings. The van der Waals surface area contributed by atoms with Crippen molar-refractivity contribution in [3.05, 3.63) is 48.4 Å². The number of nitrogens with two attached hydrogens (primary N) is 1. The number of aromatic nitrogens is 1. The van der Waals surface area contributed by atoms with E-state index in [0.717, 1.165) is 10.9 Å². The van der Waals surface area contributed by atoms with Gasteiger partial charge in [0.1, 0.15) is 0 Å². The predicted octanol–water partition coefficient (Wildman–Crippen LogP) is 2.59. The number of ether oxygens (including phenoxy) is 1. The molecule has 3 aromatic rings. The van der Waals surface area contributed by atoms with Crippen molar-refractivity contribution in [2.45, 2.75) is 0 Å². The third-order valence-electron chi connectivity index (χ3n) is 2.93. The quantitative estimate of drug-likeness (QED) is 0.565. The number of esters is 1. The largest absolute Gasteiger partial charge is 0.463 e. The first-order valence-electron chi connectivity index (χ1n) is 5.74. The van der Waals surface area contributed by atoms with E-state index in [0.29, 0.717) is 11.6 Å². The molecule has 0 radical (unpaired) electrons. The minimum Gasteiger partial charge on any atom is -0.463 e. The van der Waals surface area contributed by atoms with E-state index in [1.807, 2.05) is 35.0 Å². The zero-order valence-electron chi connectivity index (χ0n) is 10.3. The van der Waals surface area contributed by atoms with Crippen LogP contribution in [-0.4, -0.2) is 17.6 Å². The molecule has 2 heterocycles. The fourth-order valence-corrected chi connectivity index (χ4v) is 2.01. The highest BCUT2D eigenvalue weighted by molar-refractivity contribution is 5.87. The summed E-state index contributed by atoms with van der Waals surface area (Å²) >= 11 is 0. The van der Waals surface area contributed by atoms with Gasteiger partial charge in [-0.1, -0.05) is 6.07 Å². The van der Waals surface area contributed by atoms with Crippen LogP contribution >= 0.6 is 0 Å². The van der Waals surface area contributed by atoms with Crippen molar-refractivity contribution in [2.24, 2.45) is 0 Å². The molecule has 1 aromatic carbocycles. The number of nitrogen functional groups attached to an aromatic ring is 1. The van der Waals surface area contributed by atoms with Gasteiger partial charge in [-0.05, 0) is 24.3 Å². The summed E-state index contributed by atoms with van der Waals surface area (Å²) in [5, 5.41) is 1.05. The van der Waals surface area contributed by atoms with Gasteiger partial charge >= 0.3 is 5.97 Å². The SMILES string of the molecule is COC(=O)c1ccc(-n2ccc3ccc(N)cc32)o1. The number of hydrogen-bond acceptors (Lipinski definition) is 4. The Hall–Kier alpha value is -2.69. The lowest BCUT2D eigenvalue weighted by molar-refractivity contribution is 0.0565. The van der Waals surface area contributed by atoms with Crippen molar-refractivity contribution in [1.29, 1.82) is 0 Å². The number of methoxy groups -OCH3 is 1. The number of anilines is 1. The third kappa shape index (κ3) is 1.85. The minimum absolute atomic E-state index is 0.170. The summed E-state index contributed by atoms with van der Waals surface area (Å²) in [6, 6.07) is 10.9. The Bertz CT molecular complexity index is 755. The molecule has 0 aliphatic heterocycles. The summed E-state index contributed by atoms with van der Waals surface area (Å²) in [5.74, 6) is 0.214. The Morgan fingerprint density at radius 3 is 2.89 bits per heavy atom. The molecule has 0 aliphatic rings. The number of rotatable bonds is 2. The van der Waals surface area contributed by atoms with E-state index in [4.69, 9.17) is 10.2 Å². The fraction of sp³-hybridized carbons (Fsp3) is 0.0714. The van der Waals surface area contributed by atoms with Crippen molar-refractivity contribution in [1.82, 2.24) is 4.57 Å². The van der Waals surface area contributed by atoms with Gasteiger partial charge in [-0.15, -0.1) is 0 Å². The first kappa shape index (κ1) is 11.4. The highest BCUT2D eigenvalue weighted by Crippen LogP contribution is 2.24.